The lowest BCUT2D eigenvalue weighted by Gasteiger charge is -2.25. The van der Waals surface area contributed by atoms with Gasteiger partial charge >= 0.3 is 0 Å². The molecule has 2 N–H and O–H groups in total. The first kappa shape index (κ1) is 15.2. The van der Waals surface area contributed by atoms with Crippen LogP contribution in [-0.2, 0) is 6.42 Å². The van der Waals surface area contributed by atoms with Gasteiger partial charge in [-0.05, 0) is 25.3 Å². The van der Waals surface area contributed by atoms with Crippen LogP contribution in [-0.4, -0.2) is 22.4 Å². The molecule has 0 radical (unpaired) electrons. The van der Waals surface area contributed by atoms with Gasteiger partial charge < -0.3 is 10.2 Å². The Kier molecular flexibility index (Phi) is 5.83. The molecule has 2 atom stereocenters. The van der Waals surface area contributed by atoms with Crippen molar-refractivity contribution in [1.29, 1.82) is 0 Å². The highest BCUT2D eigenvalue weighted by molar-refractivity contribution is 5.29. The maximum atomic E-state index is 10.1. The molecule has 0 spiro atoms. The number of aliphatic hydroxyl groups is 2. The van der Waals surface area contributed by atoms with E-state index in [9.17, 15) is 10.2 Å². The zero-order valence-corrected chi connectivity index (χ0v) is 12.0. The summed E-state index contributed by atoms with van der Waals surface area (Å²) < 4.78 is 0. The summed E-state index contributed by atoms with van der Waals surface area (Å²) in [5.41, 5.74) is 3.51. The van der Waals surface area contributed by atoms with Crippen molar-refractivity contribution < 1.29 is 10.2 Å². The molecule has 1 rings (SSSR count). The lowest BCUT2D eigenvalue weighted by Crippen LogP contribution is -2.34. The Morgan fingerprint density at radius 3 is 1.89 bits per heavy atom. The van der Waals surface area contributed by atoms with Crippen LogP contribution in [0, 0.1) is 19.8 Å². The third-order valence-corrected chi connectivity index (χ3v) is 3.65. The van der Waals surface area contributed by atoms with Crippen molar-refractivity contribution in [1.82, 2.24) is 0 Å². The van der Waals surface area contributed by atoms with E-state index in [0.717, 1.165) is 18.4 Å². The Bertz CT molecular complexity index is 349. The third-order valence-electron chi connectivity index (χ3n) is 3.65. The van der Waals surface area contributed by atoms with Crippen molar-refractivity contribution in [3.63, 3.8) is 0 Å². The largest absolute Gasteiger partial charge is 0.390 e. The Morgan fingerprint density at radius 1 is 0.944 bits per heavy atom. The minimum absolute atomic E-state index is 0.186. The van der Waals surface area contributed by atoms with E-state index < -0.39 is 12.2 Å². The summed E-state index contributed by atoms with van der Waals surface area (Å²) in [5.74, 6) is 0.186. The van der Waals surface area contributed by atoms with Gasteiger partial charge in [-0.1, -0.05) is 56.0 Å². The molecule has 2 unspecified atom stereocenters. The number of aliphatic hydroxyl groups excluding tert-OH is 2. The molecule has 0 saturated heterocycles. The van der Waals surface area contributed by atoms with Crippen LogP contribution in [0.25, 0.3) is 0 Å². The average Bonchev–Trinajstić information content (AvgIpc) is 2.28. The van der Waals surface area contributed by atoms with Gasteiger partial charge in [0.05, 0.1) is 12.2 Å². The van der Waals surface area contributed by atoms with Crippen LogP contribution >= 0.6 is 0 Å². The smallest absolute Gasteiger partial charge is 0.0842 e. The second-order valence-corrected chi connectivity index (χ2v) is 5.33. The molecular formula is C16H26O2. The summed E-state index contributed by atoms with van der Waals surface area (Å²) in [6, 6.07) is 6.28. The van der Waals surface area contributed by atoms with Gasteiger partial charge in [-0.2, -0.15) is 0 Å². The number of hydrogen-bond acceptors (Lipinski definition) is 2. The maximum Gasteiger partial charge on any atom is 0.0842 e. The average molecular weight is 250 g/mol. The molecule has 1 aromatic carbocycles. The molecule has 0 amide bonds. The van der Waals surface area contributed by atoms with Gasteiger partial charge in [-0.3, -0.25) is 0 Å². The normalized spacial score (nSPS) is 14.8. The summed E-state index contributed by atoms with van der Waals surface area (Å²) in [6.07, 6.45) is 1.04. The van der Waals surface area contributed by atoms with Gasteiger partial charge in [0, 0.05) is 6.42 Å². The predicted molar refractivity (Wildman–Crippen MR) is 75.7 cm³/mol. The van der Waals surface area contributed by atoms with Crippen molar-refractivity contribution in [2.75, 3.05) is 0 Å². The monoisotopic (exact) mass is 250 g/mol. The van der Waals surface area contributed by atoms with Crippen molar-refractivity contribution in [2.24, 2.45) is 5.92 Å². The van der Waals surface area contributed by atoms with E-state index >= 15 is 0 Å². The van der Waals surface area contributed by atoms with E-state index in [4.69, 9.17) is 0 Å². The van der Waals surface area contributed by atoms with Crippen LogP contribution in [0.4, 0.5) is 0 Å². The zero-order valence-electron chi connectivity index (χ0n) is 12.0. The summed E-state index contributed by atoms with van der Waals surface area (Å²) in [6.45, 7) is 8.22. The van der Waals surface area contributed by atoms with Crippen LogP contribution in [0.3, 0.4) is 0 Å². The predicted octanol–water partition coefficient (Wildman–Crippen LogP) is 3.00. The number of benzene rings is 1. The van der Waals surface area contributed by atoms with Gasteiger partial charge in [-0.25, -0.2) is 0 Å². The number of aryl methyl sites for hydroxylation is 2. The minimum Gasteiger partial charge on any atom is -0.390 e. The number of hydrogen-bond donors (Lipinski definition) is 2. The molecule has 0 aliphatic carbocycles. The van der Waals surface area contributed by atoms with Gasteiger partial charge in [-0.15, -0.1) is 0 Å². The maximum absolute atomic E-state index is 10.1. The topological polar surface area (TPSA) is 40.5 Å². The second-order valence-electron chi connectivity index (χ2n) is 5.33. The first-order valence-corrected chi connectivity index (χ1v) is 6.91. The molecule has 1 aromatic rings. The number of rotatable bonds is 6. The molecule has 18 heavy (non-hydrogen) atoms. The quantitative estimate of drug-likeness (QED) is 0.815. The zero-order chi connectivity index (χ0) is 13.7. The summed E-state index contributed by atoms with van der Waals surface area (Å²) >= 11 is 0. The SMILES string of the molecule is CCC(CC)C(O)C(O)Cc1cc(C)cc(C)c1. The van der Waals surface area contributed by atoms with Crippen LogP contribution in [0.5, 0.6) is 0 Å². The van der Waals surface area contributed by atoms with E-state index in [1.165, 1.54) is 11.1 Å². The first-order chi connectivity index (χ1) is 8.47. The van der Waals surface area contributed by atoms with Gasteiger partial charge in [0.25, 0.3) is 0 Å². The molecule has 2 nitrogen and oxygen atoms in total. The van der Waals surface area contributed by atoms with Crippen molar-refractivity contribution in [2.45, 2.75) is 59.2 Å². The molecule has 0 aromatic heterocycles. The third kappa shape index (κ3) is 4.11. The van der Waals surface area contributed by atoms with E-state index in [2.05, 4.69) is 45.9 Å². The van der Waals surface area contributed by atoms with Gasteiger partial charge in [0.1, 0.15) is 0 Å². The van der Waals surface area contributed by atoms with Crippen LogP contribution < -0.4 is 0 Å². The molecule has 102 valence electrons. The Morgan fingerprint density at radius 2 is 1.44 bits per heavy atom. The Labute approximate surface area is 111 Å². The molecule has 0 fully saturated rings. The van der Waals surface area contributed by atoms with Gasteiger partial charge in [0.15, 0.2) is 0 Å². The summed E-state index contributed by atoms with van der Waals surface area (Å²) in [4.78, 5) is 0. The van der Waals surface area contributed by atoms with Crippen molar-refractivity contribution in [3.05, 3.63) is 34.9 Å². The Hall–Kier alpha value is -0.860. The highest BCUT2D eigenvalue weighted by Crippen LogP contribution is 2.19. The molecule has 0 heterocycles. The van der Waals surface area contributed by atoms with Crippen molar-refractivity contribution in [3.8, 4) is 0 Å². The molecule has 0 saturated carbocycles. The fraction of sp³-hybridized carbons (Fsp3) is 0.625. The highest BCUT2D eigenvalue weighted by atomic mass is 16.3. The Balaban J connectivity index is 2.71. The van der Waals surface area contributed by atoms with Crippen LogP contribution in [0.1, 0.15) is 43.4 Å². The first-order valence-electron chi connectivity index (χ1n) is 6.91. The van der Waals surface area contributed by atoms with Crippen LogP contribution in [0.2, 0.25) is 0 Å². The van der Waals surface area contributed by atoms with E-state index in [1.54, 1.807) is 0 Å². The second kappa shape index (κ2) is 6.91. The lowest BCUT2D eigenvalue weighted by molar-refractivity contribution is -0.0187. The molecular weight excluding hydrogens is 224 g/mol. The van der Waals surface area contributed by atoms with E-state index in [0.29, 0.717) is 6.42 Å². The fourth-order valence-corrected chi connectivity index (χ4v) is 2.63. The highest BCUT2D eigenvalue weighted by Gasteiger charge is 2.23. The molecule has 0 aliphatic heterocycles. The summed E-state index contributed by atoms with van der Waals surface area (Å²) in [7, 11) is 0. The van der Waals surface area contributed by atoms with Gasteiger partial charge in [0.2, 0.25) is 0 Å². The molecule has 0 aliphatic rings. The lowest BCUT2D eigenvalue weighted by atomic mass is 9.89. The van der Waals surface area contributed by atoms with E-state index in [1.807, 2.05) is 0 Å². The fourth-order valence-electron chi connectivity index (χ4n) is 2.63. The van der Waals surface area contributed by atoms with Crippen molar-refractivity contribution >= 4 is 0 Å². The molecule has 2 heteroatoms. The van der Waals surface area contributed by atoms with E-state index in [-0.39, 0.29) is 5.92 Å². The summed E-state index contributed by atoms with van der Waals surface area (Å²) in [5, 5.41) is 20.3. The standard InChI is InChI=1S/C16H26O2/c1-5-14(6-2)16(18)15(17)10-13-8-11(3)7-12(4)9-13/h7-9,14-18H,5-6,10H2,1-4H3. The van der Waals surface area contributed by atoms with Crippen LogP contribution in [0.15, 0.2) is 18.2 Å². The minimum atomic E-state index is -0.670. The molecule has 0 bridgehead atoms.